The molecular weight excluding hydrogens is 450 g/mol. The Hall–Kier alpha value is -2.87. The molecule has 7 nitrogen and oxygen atoms in total. The van der Waals surface area contributed by atoms with Crippen molar-refractivity contribution in [3.8, 4) is 17.0 Å². The summed E-state index contributed by atoms with van der Waals surface area (Å²) in [5, 5.41) is 3.13. The van der Waals surface area contributed by atoms with Gasteiger partial charge < -0.3 is 14.8 Å². The quantitative estimate of drug-likeness (QED) is 0.413. The first-order valence-electron chi connectivity index (χ1n) is 9.59. The predicted octanol–water partition coefficient (Wildman–Crippen LogP) is 4.69. The Balaban J connectivity index is 2.00. The number of carbonyl (C=O) groups excluding carboxylic acids is 2. The van der Waals surface area contributed by atoms with Gasteiger partial charge in [-0.1, -0.05) is 12.1 Å². The van der Waals surface area contributed by atoms with Crippen LogP contribution in [-0.4, -0.2) is 34.5 Å². The highest BCUT2D eigenvalue weighted by atomic mass is 79.9. The Morgan fingerprint density at radius 2 is 1.97 bits per heavy atom. The topological polar surface area (TPSA) is 81.9 Å². The molecule has 8 heteroatoms. The summed E-state index contributed by atoms with van der Waals surface area (Å²) in [5.74, 6) is 0.390. The number of nitrogens with zero attached hydrogens (tertiary/aromatic N) is 2. The molecule has 0 unspecified atom stereocenters. The molecule has 2 heterocycles. The van der Waals surface area contributed by atoms with Crippen LogP contribution in [0.4, 0.5) is 5.82 Å². The van der Waals surface area contributed by atoms with Crippen LogP contribution in [-0.2, 0) is 14.3 Å². The van der Waals surface area contributed by atoms with Crippen molar-refractivity contribution in [2.75, 3.05) is 18.5 Å². The van der Waals surface area contributed by atoms with Gasteiger partial charge in [0, 0.05) is 16.2 Å². The second-order valence-electron chi connectivity index (χ2n) is 7.71. The first kappa shape index (κ1) is 21.8. The number of carbonyl (C=O) groups is 2. The fraction of sp³-hybridized carbons (Fsp3) is 0.318. The van der Waals surface area contributed by atoms with Gasteiger partial charge in [0.2, 0.25) is 0 Å². The van der Waals surface area contributed by atoms with Gasteiger partial charge in [0.25, 0.3) is 0 Å². The lowest BCUT2D eigenvalue weighted by Crippen LogP contribution is -2.25. The number of pyridine rings is 1. The minimum absolute atomic E-state index is 0.000151. The van der Waals surface area contributed by atoms with Gasteiger partial charge in [0.05, 0.1) is 12.0 Å². The van der Waals surface area contributed by atoms with Crippen molar-refractivity contribution in [1.82, 2.24) is 9.38 Å². The van der Waals surface area contributed by atoms with Crippen LogP contribution in [0.25, 0.3) is 16.9 Å². The van der Waals surface area contributed by atoms with E-state index in [0.29, 0.717) is 29.5 Å². The van der Waals surface area contributed by atoms with Crippen LogP contribution in [0.15, 0.2) is 47.1 Å². The van der Waals surface area contributed by atoms with Gasteiger partial charge in [-0.2, -0.15) is 0 Å². The number of benzene rings is 1. The number of halogens is 1. The van der Waals surface area contributed by atoms with E-state index in [9.17, 15) is 9.59 Å². The zero-order chi connectivity index (χ0) is 21.9. The molecule has 0 atom stereocenters. The van der Waals surface area contributed by atoms with Crippen LogP contribution in [0, 0.1) is 5.41 Å². The lowest BCUT2D eigenvalue weighted by molar-refractivity contribution is -0.143. The van der Waals surface area contributed by atoms with Gasteiger partial charge in [0.1, 0.15) is 29.5 Å². The van der Waals surface area contributed by atoms with Crippen molar-refractivity contribution in [1.29, 1.82) is 0 Å². The number of nitrogens with one attached hydrogen (secondary N) is 1. The molecule has 0 saturated carbocycles. The highest BCUT2D eigenvalue weighted by Gasteiger charge is 2.24. The van der Waals surface area contributed by atoms with Crippen LogP contribution in [0.2, 0.25) is 0 Å². The maximum Gasteiger partial charge on any atom is 0.325 e. The van der Waals surface area contributed by atoms with Gasteiger partial charge in [-0.05, 0) is 67.9 Å². The Morgan fingerprint density at radius 3 is 2.67 bits per heavy atom. The number of hydrogen-bond acceptors (Lipinski definition) is 6. The Morgan fingerprint density at radius 1 is 1.20 bits per heavy atom. The summed E-state index contributed by atoms with van der Waals surface area (Å²) in [5.41, 5.74) is 1.47. The first-order valence-corrected chi connectivity index (χ1v) is 10.4. The van der Waals surface area contributed by atoms with E-state index in [1.54, 1.807) is 45.9 Å². The Bertz CT molecular complexity index is 1090. The van der Waals surface area contributed by atoms with Crippen LogP contribution >= 0.6 is 15.9 Å². The van der Waals surface area contributed by atoms with Gasteiger partial charge in [0.15, 0.2) is 0 Å². The number of fused-ring (bicyclic) bond motifs is 1. The predicted molar refractivity (Wildman–Crippen MR) is 119 cm³/mol. The summed E-state index contributed by atoms with van der Waals surface area (Å²) in [6.07, 6.45) is 1.86. The summed E-state index contributed by atoms with van der Waals surface area (Å²) in [6.45, 7) is 7.48. The van der Waals surface area contributed by atoms with E-state index in [0.717, 1.165) is 10.0 Å². The number of ether oxygens (including phenoxy) is 2. The first-order chi connectivity index (χ1) is 14.2. The third-order valence-electron chi connectivity index (χ3n) is 4.22. The smallest absolute Gasteiger partial charge is 0.325 e. The molecule has 0 amide bonds. The molecule has 0 aliphatic carbocycles. The van der Waals surface area contributed by atoms with E-state index in [1.165, 1.54) is 0 Å². The van der Waals surface area contributed by atoms with E-state index >= 15 is 0 Å². The number of hydrogen-bond donors (Lipinski definition) is 1. The SMILES string of the molecule is CCOC(=O)CNc1c(-c2cccc(OC(=O)C(C)(C)C)c2)nc2ccc(Br)cn12. The Kier molecular flexibility index (Phi) is 6.45. The average Bonchev–Trinajstić information content (AvgIpc) is 3.04. The van der Waals surface area contributed by atoms with Gasteiger partial charge >= 0.3 is 11.9 Å². The maximum atomic E-state index is 12.3. The normalized spacial score (nSPS) is 11.4. The van der Waals surface area contributed by atoms with Gasteiger partial charge in [-0.25, -0.2) is 4.98 Å². The zero-order valence-electron chi connectivity index (χ0n) is 17.4. The molecule has 0 saturated heterocycles. The molecule has 3 aromatic rings. The van der Waals surface area contributed by atoms with Crippen molar-refractivity contribution in [3.05, 3.63) is 47.1 Å². The lowest BCUT2D eigenvalue weighted by Gasteiger charge is -2.16. The molecule has 0 radical (unpaired) electrons. The van der Waals surface area contributed by atoms with Crippen LogP contribution in [0.3, 0.4) is 0 Å². The van der Waals surface area contributed by atoms with E-state index in [1.807, 2.05) is 28.8 Å². The monoisotopic (exact) mass is 473 g/mol. The van der Waals surface area contributed by atoms with E-state index in [-0.39, 0.29) is 18.5 Å². The summed E-state index contributed by atoms with van der Waals surface area (Å²) in [6, 6.07) is 10.9. The van der Waals surface area contributed by atoms with Gasteiger partial charge in [-0.15, -0.1) is 0 Å². The maximum absolute atomic E-state index is 12.3. The molecule has 30 heavy (non-hydrogen) atoms. The number of rotatable bonds is 6. The zero-order valence-corrected chi connectivity index (χ0v) is 18.9. The second-order valence-corrected chi connectivity index (χ2v) is 8.63. The van der Waals surface area contributed by atoms with Crippen molar-refractivity contribution in [2.24, 2.45) is 5.41 Å². The summed E-state index contributed by atoms with van der Waals surface area (Å²) < 4.78 is 13.3. The molecule has 3 rings (SSSR count). The van der Waals surface area contributed by atoms with E-state index in [4.69, 9.17) is 14.5 Å². The molecule has 158 valence electrons. The molecule has 0 bridgehead atoms. The number of esters is 2. The minimum atomic E-state index is -0.613. The third kappa shape index (κ3) is 4.99. The van der Waals surface area contributed by atoms with Crippen LogP contribution in [0.1, 0.15) is 27.7 Å². The lowest BCUT2D eigenvalue weighted by atomic mass is 9.97. The van der Waals surface area contributed by atoms with Gasteiger partial charge in [-0.3, -0.25) is 14.0 Å². The molecule has 1 aromatic carbocycles. The van der Waals surface area contributed by atoms with Crippen molar-refractivity contribution in [2.45, 2.75) is 27.7 Å². The molecular formula is C22H24BrN3O4. The molecule has 0 aliphatic rings. The second kappa shape index (κ2) is 8.87. The van der Waals surface area contributed by atoms with Crippen LogP contribution in [0.5, 0.6) is 5.75 Å². The summed E-state index contributed by atoms with van der Waals surface area (Å²) >= 11 is 3.47. The van der Waals surface area contributed by atoms with Crippen LogP contribution < -0.4 is 10.1 Å². The average molecular weight is 474 g/mol. The molecule has 0 spiro atoms. The molecule has 2 aromatic heterocycles. The molecule has 1 N–H and O–H groups in total. The number of anilines is 1. The summed E-state index contributed by atoms with van der Waals surface area (Å²) in [7, 11) is 0. The number of imidazole rings is 1. The fourth-order valence-corrected chi connectivity index (χ4v) is 3.06. The largest absolute Gasteiger partial charge is 0.465 e. The third-order valence-corrected chi connectivity index (χ3v) is 4.69. The fourth-order valence-electron chi connectivity index (χ4n) is 2.72. The van der Waals surface area contributed by atoms with Crippen molar-refractivity contribution < 1.29 is 19.1 Å². The highest BCUT2D eigenvalue weighted by molar-refractivity contribution is 9.10. The summed E-state index contributed by atoms with van der Waals surface area (Å²) in [4.78, 5) is 28.8. The Labute approximate surface area is 183 Å². The highest BCUT2D eigenvalue weighted by Crippen LogP contribution is 2.32. The minimum Gasteiger partial charge on any atom is -0.465 e. The van der Waals surface area contributed by atoms with Crippen molar-refractivity contribution >= 4 is 39.3 Å². The van der Waals surface area contributed by atoms with E-state index < -0.39 is 5.41 Å². The van der Waals surface area contributed by atoms with E-state index in [2.05, 4.69) is 21.2 Å². The standard InChI is InChI=1S/C22H24BrN3O4/c1-5-29-18(27)12-24-20-19(25-17-10-9-15(23)13-26(17)20)14-7-6-8-16(11-14)30-21(28)22(2,3)4/h6-11,13,24H,5,12H2,1-4H3. The van der Waals surface area contributed by atoms with Crippen molar-refractivity contribution in [3.63, 3.8) is 0 Å². The number of aromatic nitrogens is 2. The molecule has 0 aliphatic heterocycles. The molecule has 0 fully saturated rings.